The van der Waals surface area contributed by atoms with Crippen LogP contribution in [0.3, 0.4) is 0 Å². The van der Waals surface area contributed by atoms with Crippen molar-refractivity contribution in [2.45, 2.75) is 71.1 Å². The van der Waals surface area contributed by atoms with Gasteiger partial charge in [-0.05, 0) is 37.8 Å². The molecule has 0 atom stereocenters. The van der Waals surface area contributed by atoms with E-state index in [4.69, 9.17) is 0 Å². The summed E-state index contributed by atoms with van der Waals surface area (Å²) in [5.41, 5.74) is -0.0289. The fraction of sp³-hybridized carbons (Fsp3) is 0.611. The van der Waals surface area contributed by atoms with Crippen molar-refractivity contribution >= 4 is 6.29 Å². The predicted molar refractivity (Wildman–Crippen MR) is 96.8 cm³/mol. The Hall–Kier alpha value is -2.31. The highest BCUT2D eigenvalue weighted by Gasteiger charge is 2.13. The van der Waals surface area contributed by atoms with Crippen molar-refractivity contribution in [3.63, 3.8) is 0 Å². The van der Waals surface area contributed by atoms with Gasteiger partial charge in [0.1, 0.15) is 0 Å². The highest BCUT2D eigenvalue weighted by molar-refractivity contribution is 5.50. The zero-order valence-corrected chi connectivity index (χ0v) is 14.8. The third-order valence-electron chi connectivity index (χ3n) is 3.61. The summed E-state index contributed by atoms with van der Waals surface area (Å²) in [6, 6.07) is 0. The maximum atomic E-state index is 11.1. The smallest absolute Gasteiger partial charge is 0.246 e. The Labute approximate surface area is 148 Å². The molecule has 0 aromatic heterocycles. The second kappa shape index (κ2) is 15.2. The molecule has 0 aliphatic heterocycles. The Balaban J connectivity index is 4.44. The molecule has 0 fully saturated rings. The molecule has 25 heavy (non-hydrogen) atoms. The lowest BCUT2D eigenvalue weighted by atomic mass is 10.1. The van der Waals surface area contributed by atoms with Gasteiger partial charge in [-0.25, -0.2) is 0 Å². The van der Waals surface area contributed by atoms with E-state index in [9.17, 15) is 25.0 Å². The van der Waals surface area contributed by atoms with Crippen molar-refractivity contribution in [1.29, 1.82) is 0 Å². The maximum Gasteiger partial charge on any atom is 0.246 e. The van der Waals surface area contributed by atoms with E-state index in [0.29, 0.717) is 12.8 Å². The van der Waals surface area contributed by atoms with E-state index in [0.717, 1.165) is 38.5 Å². The first-order valence-electron chi connectivity index (χ1n) is 8.69. The van der Waals surface area contributed by atoms with Gasteiger partial charge in [-0.15, -0.1) is 0 Å². The minimum Gasteiger partial charge on any atom is -0.291 e. The molecule has 0 N–H and O–H groups in total. The van der Waals surface area contributed by atoms with Crippen LogP contribution in [0.25, 0.3) is 0 Å². The van der Waals surface area contributed by atoms with Gasteiger partial charge in [-0.1, -0.05) is 38.3 Å². The molecular formula is C18H27N2O5. The van der Waals surface area contributed by atoms with Crippen LogP contribution in [0.4, 0.5) is 0 Å². The number of hydrogen-bond donors (Lipinski definition) is 0. The topological polar surface area (TPSA) is 103 Å². The molecule has 139 valence electrons. The van der Waals surface area contributed by atoms with Gasteiger partial charge in [-0.2, -0.15) is 0 Å². The van der Waals surface area contributed by atoms with Crippen molar-refractivity contribution < 1.29 is 14.6 Å². The molecule has 0 rings (SSSR count). The molecule has 0 bridgehead atoms. The average Bonchev–Trinajstić information content (AvgIpc) is 2.57. The summed E-state index contributed by atoms with van der Waals surface area (Å²) in [5, 5.41) is 22.0. The molecular weight excluding hydrogens is 324 g/mol. The summed E-state index contributed by atoms with van der Waals surface area (Å²) >= 11 is 0. The van der Waals surface area contributed by atoms with Crippen molar-refractivity contribution in [3.8, 4) is 0 Å². The van der Waals surface area contributed by atoms with Crippen molar-refractivity contribution in [1.82, 2.24) is 0 Å². The number of carbonyl (C=O) groups excluding carboxylic acids is 1. The first kappa shape index (κ1) is 22.7. The van der Waals surface area contributed by atoms with E-state index >= 15 is 0 Å². The van der Waals surface area contributed by atoms with Crippen LogP contribution in [0.2, 0.25) is 0 Å². The Bertz CT molecular complexity index is 510. The average molecular weight is 351 g/mol. The molecule has 0 unspecified atom stereocenters. The van der Waals surface area contributed by atoms with E-state index < -0.39 is 9.85 Å². The van der Waals surface area contributed by atoms with Gasteiger partial charge in [-0.3, -0.25) is 25.0 Å². The maximum absolute atomic E-state index is 11.1. The van der Waals surface area contributed by atoms with Crippen molar-refractivity contribution in [3.05, 3.63) is 55.9 Å². The van der Waals surface area contributed by atoms with Crippen LogP contribution in [0.15, 0.2) is 35.7 Å². The van der Waals surface area contributed by atoms with Crippen LogP contribution in [0, 0.1) is 20.2 Å². The summed E-state index contributed by atoms with van der Waals surface area (Å²) in [7, 11) is 0. The lowest BCUT2D eigenvalue weighted by Gasteiger charge is -1.99. The number of unbranched alkanes of at least 4 members (excludes halogenated alkanes) is 6. The fourth-order valence-corrected chi connectivity index (χ4v) is 2.20. The summed E-state index contributed by atoms with van der Waals surface area (Å²) in [6.07, 6.45) is 14.8. The van der Waals surface area contributed by atoms with Gasteiger partial charge in [0, 0.05) is 6.42 Å². The zero-order chi connectivity index (χ0) is 18.9. The van der Waals surface area contributed by atoms with Crippen LogP contribution in [0.1, 0.15) is 71.1 Å². The van der Waals surface area contributed by atoms with E-state index in [2.05, 4.69) is 0 Å². The molecule has 0 aromatic rings. The second-order valence-corrected chi connectivity index (χ2v) is 5.64. The molecule has 0 heterocycles. The quantitative estimate of drug-likeness (QED) is 0.181. The Morgan fingerprint density at radius 3 is 2.08 bits per heavy atom. The summed E-state index contributed by atoms with van der Waals surface area (Å²) in [5.74, 6) is 0. The molecule has 1 radical (unpaired) electrons. The molecule has 0 amide bonds. The number of allylic oxidation sites excluding steroid dienone is 4. The van der Waals surface area contributed by atoms with Gasteiger partial charge in [0.2, 0.25) is 11.4 Å². The second-order valence-electron chi connectivity index (χ2n) is 5.64. The standard InChI is InChI=1S/C18H27N2O5/c1-2-3-9-12-17(19(22)23)14-15-18(20(24)25)13-10-7-5-4-6-8-11-16-21/h3,9,13-14H,2,4-8,10-12,15H2,1H3/b9-3-,17-14+,18-13+. The number of nitro groups is 2. The largest absolute Gasteiger partial charge is 0.291 e. The number of rotatable bonds is 15. The molecule has 0 aliphatic carbocycles. The third-order valence-corrected chi connectivity index (χ3v) is 3.61. The minimum atomic E-state index is -0.492. The molecule has 0 saturated carbocycles. The molecule has 0 aromatic carbocycles. The van der Waals surface area contributed by atoms with Gasteiger partial charge in [0.15, 0.2) is 6.29 Å². The lowest BCUT2D eigenvalue weighted by molar-refractivity contribution is -0.431. The van der Waals surface area contributed by atoms with E-state index in [1.165, 1.54) is 6.08 Å². The summed E-state index contributed by atoms with van der Waals surface area (Å²) in [4.78, 5) is 31.1. The van der Waals surface area contributed by atoms with Crippen molar-refractivity contribution in [2.75, 3.05) is 0 Å². The first-order chi connectivity index (χ1) is 12.0. The summed E-state index contributed by atoms with van der Waals surface area (Å²) < 4.78 is 0. The Morgan fingerprint density at radius 1 is 0.880 bits per heavy atom. The molecule has 0 saturated heterocycles. The molecule has 7 nitrogen and oxygen atoms in total. The Morgan fingerprint density at radius 2 is 1.48 bits per heavy atom. The summed E-state index contributed by atoms with van der Waals surface area (Å²) in [6.45, 7) is 1.93. The zero-order valence-electron chi connectivity index (χ0n) is 14.8. The van der Waals surface area contributed by atoms with E-state index in [1.54, 1.807) is 12.2 Å². The third kappa shape index (κ3) is 12.7. The van der Waals surface area contributed by atoms with E-state index in [1.807, 2.05) is 19.3 Å². The van der Waals surface area contributed by atoms with Gasteiger partial charge < -0.3 is 0 Å². The predicted octanol–water partition coefficient (Wildman–Crippen LogP) is 4.89. The first-order valence-corrected chi connectivity index (χ1v) is 8.69. The lowest BCUT2D eigenvalue weighted by Crippen LogP contribution is -2.01. The number of nitrogens with zero attached hydrogens (tertiary/aromatic N) is 2. The van der Waals surface area contributed by atoms with Crippen LogP contribution in [-0.4, -0.2) is 16.1 Å². The normalized spacial score (nSPS) is 12.5. The Kier molecular flexibility index (Phi) is 13.8. The van der Waals surface area contributed by atoms with Crippen LogP contribution in [0.5, 0.6) is 0 Å². The highest BCUT2D eigenvalue weighted by Crippen LogP contribution is 2.13. The van der Waals surface area contributed by atoms with Gasteiger partial charge in [0.05, 0.1) is 22.7 Å². The van der Waals surface area contributed by atoms with Gasteiger partial charge >= 0.3 is 0 Å². The molecule has 0 aliphatic rings. The molecule has 7 heteroatoms. The van der Waals surface area contributed by atoms with E-state index in [-0.39, 0.29) is 24.2 Å². The fourth-order valence-electron chi connectivity index (χ4n) is 2.20. The minimum absolute atomic E-state index is 0.00521. The van der Waals surface area contributed by atoms with Crippen LogP contribution < -0.4 is 0 Å². The molecule has 0 spiro atoms. The monoisotopic (exact) mass is 351 g/mol. The van der Waals surface area contributed by atoms with Gasteiger partial charge in [0.25, 0.3) is 0 Å². The van der Waals surface area contributed by atoms with Crippen molar-refractivity contribution in [2.24, 2.45) is 0 Å². The van der Waals surface area contributed by atoms with Crippen LogP contribution >= 0.6 is 0 Å². The SMILES string of the molecule is CC/C=C\C/C(=C\C/C(=C\CCCCCCC[C]=O)[N+](=O)[O-])[N+](=O)[O-]. The number of hydrogen-bond acceptors (Lipinski definition) is 5. The van der Waals surface area contributed by atoms with Crippen LogP contribution in [-0.2, 0) is 4.79 Å². The highest BCUT2D eigenvalue weighted by atomic mass is 16.6.